The smallest absolute Gasteiger partial charge is 0.363 e. The van der Waals surface area contributed by atoms with Crippen molar-refractivity contribution in [2.45, 2.75) is 0 Å². The minimum atomic E-state index is -0.595. The van der Waals surface area contributed by atoms with E-state index < -0.39 is 5.97 Å². The van der Waals surface area contributed by atoms with Gasteiger partial charge in [-0.15, -0.1) is 0 Å². The molecule has 3 rings (SSSR count). The Balaban J connectivity index is 2.01. The van der Waals surface area contributed by atoms with Gasteiger partial charge in [-0.25, -0.2) is 9.79 Å². The third-order valence-corrected chi connectivity index (χ3v) is 4.41. The highest BCUT2D eigenvalue weighted by Gasteiger charge is 2.27. The van der Waals surface area contributed by atoms with Crippen molar-refractivity contribution >= 4 is 64.3 Å². The number of carbonyl (C=O) groups excluding carboxylic acids is 1. The third kappa shape index (κ3) is 3.38. The van der Waals surface area contributed by atoms with E-state index in [1.165, 1.54) is 0 Å². The highest BCUT2D eigenvalue weighted by molar-refractivity contribution is 6.42. The van der Waals surface area contributed by atoms with Gasteiger partial charge in [-0.1, -0.05) is 58.5 Å². The van der Waals surface area contributed by atoms with Gasteiger partial charge in [0.2, 0.25) is 5.90 Å². The molecule has 1 aliphatic rings. The summed E-state index contributed by atoms with van der Waals surface area (Å²) >= 11 is 24.0. The van der Waals surface area contributed by atoms with Gasteiger partial charge < -0.3 is 4.74 Å². The van der Waals surface area contributed by atoms with E-state index in [2.05, 4.69) is 4.99 Å². The summed E-state index contributed by atoms with van der Waals surface area (Å²) in [6.45, 7) is 0. The zero-order valence-corrected chi connectivity index (χ0v) is 14.3. The van der Waals surface area contributed by atoms with Crippen LogP contribution in [0.5, 0.6) is 0 Å². The number of carbonyl (C=O) groups is 1. The van der Waals surface area contributed by atoms with Crippen molar-refractivity contribution in [3.05, 3.63) is 73.3 Å². The summed E-state index contributed by atoms with van der Waals surface area (Å²) < 4.78 is 5.16. The molecule has 0 aliphatic carbocycles. The fourth-order valence-electron chi connectivity index (χ4n) is 1.98. The summed E-state index contributed by atoms with van der Waals surface area (Å²) in [5, 5.41) is 1.50. The fourth-order valence-corrected chi connectivity index (χ4v) is 2.84. The first-order valence-corrected chi connectivity index (χ1v) is 7.89. The van der Waals surface area contributed by atoms with E-state index in [0.29, 0.717) is 31.2 Å². The molecule has 0 spiro atoms. The lowest BCUT2D eigenvalue weighted by atomic mass is 10.2. The van der Waals surface area contributed by atoms with E-state index in [9.17, 15) is 4.79 Å². The number of halogens is 4. The molecule has 2 aromatic rings. The van der Waals surface area contributed by atoms with Gasteiger partial charge >= 0.3 is 5.97 Å². The van der Waals surface area contributed by atoms with E-state index in [-0.39, 0.29) is 11.6 Å². The van der Waals surface area contributed by atoms with Crippen LogP contribution in [0.3, 0.4) is 0 Å². The van der Waals surface area contributed by atoms with Gasteiger partial charge in [-0.2, -0.15) is 0 Å². The molecule has 0 unspecified atom stereocenters. The third-order valence-electron chi connectivity index (χ3n) is 3.04. The Kier molecular flexibility index (Phi) is 4.64. The van der Waals surface area contributed by atoms with Crippen LogP contribution >= 0.6 is 46.4 Å². The summed E-state index contributed by atoms with van der Waals surface area (Å²) in [7, 11) is 0. The van der Waals surface area contributed by atoms with Crippen LogP contribution in [0.1, 0.15) is 11.1 Å². The van der Waals surface area contributed by atoms with Crippen LogP contribution in [0.4, 0.5) is 0 Å². The Labute approximate surface area is 152 Å². The SMILES string of the molecule is O=C1OC(c2c(Cl)cccc2Cl)=N/C1=C/c1ccc(Cl)c(Cl)c1. The van der Waals surface area contributed by atoms with Crippen molar-refractivity contribution in [1.82, 2.24) is 0 Å². The highest BCUT2D eigenvalue weighted by Crippen LogP contribution is 2.30. The van der Waals surface area contributed by atoms with Crippen LogP contribution in [0.25, 0.3) is 6.08 Å². The normalized spacial score (nSPS) is 15.7. The first-order chi connectivity index (χ1) is 11.0. The molecule has 1 aliphatic heterocycles. The number of cyclic esters (lactones) is 1. The summed E-state index contributed by atoms with van der Waals surface area (Å²) in [6, 6.07) is 9.94. The predicted octanol–water partition coefficient (Wildman–Crippen LogP) is 5.64. The number of ether oxygens (including phenoxy) is 1. The number of benzene rings is 2. The topological polar surface area (TPSA) is 38.7 Å². The number of hydrogen-bond acceptors (Lipinski definition) is 3. The second-order valence-corrected chi connectivity index (χ2v) is 6.24. The summed E-state index contributed by atoms with van der Waals surface area (Å²) in [5.74, 6) is -0.529. The molecule has 0 atom stereocenters. The fraction of sp³-hybridized carbons (Fsp3) is 0. The molecule has 0 fully saturated rings. The Morgan fingerprint density at radius 3 is 2.26 bits per heavy atom. The molecule has 2 aromatic carbocycles. The van der Waals surface area contributed by atoms with Gasteiger partial charge in [0.1, 0.15) is 0 Å². The van der Waals surface area contributed by atoms with Crippen LogP contribution < -0.4 is 0 Å². The molecular weight excluding hydrogens is 380 g/mol. The van der Waals surface area contributed by atoms with Gasteiger partial charge in [0.25, 0.3) is 0 Å². The Hall–Kier alpha value is -1.52. The lowest BCUT2D eigenvalue weighted by Gasteiger charge is -2.04. The zero-order valence-electron chi connectivity index (χ0n) is 11.3. The summed E-state index contributed by atoms with van der Waals surface area (Å²) in [5.41, 5.74) is 1.16. The number of nitrogens with zero attached hydrogens (tertiary/aromatic N) is 1. The molecule has 23 heavy (non-hydrogen) atoms. The quantitative estimate of drug-likeness (QED) is 0.494. The van der Waals surface area contributed by atoms with Gasteiger partial charge in [-0.05, 0) is 35.9 Å². The molecule has 0 aromatic heterocycles. The minimum absolute atomic E-state index is 0.0666. The maximum atomic E-state index is 12.0. The zero-order chi connectivity index (χ0) is 16.6. The Bertz CT molecular complexity index is 854. The Morgan fingerprint density at radius 2 is 1.61 bits per heavy atom. The molecule has 0 amide bonds. The monoisotopic (exact) mass is 385 g/mol. The Morgan fingerprint density at radius 1 is 0.913 bits per heavy atom. The first kappa shape index (κ1) is 16.3. The van der Waals surface area contributed by atoms with Crippen molar-refractivity contribution in [2.75, 3.05) is 0 Å². The van der Waals surface area contributed by atoms with E-state index in [1.807, 2.05) is 0 Å². The standard InChI is InChI=1S/C16H7Cl4NO2/c17-9-5-4-8(6-12(9)20)7-13-16(22)23-15(21-13)14-10(18)2-1-3-11(14)19/h1-7H/b13-7+. The van der Waals surface area contributed by atoms with Gasteiger partial charge in [0, 0.05) is 0 Å². The van der Waals surface area contributed by atoms with Crippen LogP contribution in [0.2, 0.25) is 20.1 Å². The molecule has 0 radical (unpaired) electrons. The molecule has 0 saturated carbocycles. The molecule has 0 saturated heterocycles. The van der Waals surface area contributed by atoms with E-state index in [4.69, 9.17) is 51.1 Å². The van der Waals surface area contributed by atoms with E-state index in [1.54, 1.807) is 42.5 Å². The number of aliphatic imine (C=N–C) groups is 1. The van der Waals surface area contributed by atoms with Crippen LogP contribution in [-0.4, -0.2) is 11.9 Å². The van der Waals surface area contributed by atoms with Crippen molar-refractivity contribution in [3.63, 3.8) is 0 Å². The van der Waals surface area contributed by atoms with Gasteiger partial charge in [0.15, 0.2) is 5.70 Å². The second-order valence-electron chi connectivity index (χ2n) is 4.61. The van der Waals surface area contributed by atoms with Crippen molar-refractivity contribution in [1.29, 1.82) is 0 Å². The lowest BCUT2D eigenvalue weighted by Crippen LogP contribution is -2.06. The molecular formula is C16H7Cl4NO2. The van der Waals surface area contributed by atoms with E-state index >= 15 is 0 Å². The van der Waals surface area contributed by atoms with Crippen LogP contribution in [0.15, 0.2) is 47.1 Å². The molecule has 0 N–H and O–H groups in total. The van der Waals surface area contributed by atoms with Crippen LogP contribution in [-0.2, 0) is 9.53 Å². The second kappa shape index (κ2) is 6.54. The number of esters is 1. The van der Waals surface area contributed by atoms with E-state index in [0.717, 1.165) is 0 Å². The molecule has 7 heteroatoms. The maximum absolute atomic E-state index is 12.0. The summed E-state index contributed by atoms with van der Waals surface area (Å²) in [4.78, 5) is 16.2. The van der Waals surface area contributed by atoms with Gasteiger partial charge in [-0.3, -0.25) is 0 Å². The molecule has 116 valence electrons. The van der Waals surface area contributed by atoms with Crippen molar-refractivity contribution in [2.24, 2.45) is 4.99 Å². The summed E-state index contributed by atoms with van der Waals surface area (Å²) in [6.07, 6.45) is 1.54. The predicted molar refractivity (Wildman–Crippen MR) is 93.5 cm³/mol. The minimum Gasteiger partial charge on any atom is -0.402 e. The largest absolute Gasteiger partial charge is 0.402 e. The van der Waals surface area contributed by atoms with Crippen molar-refractivity contribution in [3.8, 4) is 0 Å². The highest BCUT2D eigenvalue weighted by atomic mass is 35.5. The lowest BCUT2D eigenvalue weighted by molar-refractivity contribution is -0.129. The van der Waals surface area contributed by atoms with Crippen molar-refractivity contribution < 1.29 is 9.53 Å². The number of hydrogen-bond donors (Lipinski definition) is 0. The van der Waals surface area contributed by atoms with Crippen LogP contribution in [0, 0.1) is 0 Å². The number of rotatable bonds is 2. The van der Waals surface area contributed by atoms with Gasteiger partial charge in [0.05, 0.1) is 25.7 Å². The molecule has 1 heterocycles. The average Bonchev–Trinajstić information content (AvgIpc) is 2.83. The first-order valence-electron chi connectivity index (χ1n) is 6.37. The molecule has 0 bridgehead atoms. The molecule has 3 nitrogen and oxygen atoms in total. The average molecular weight is 387 g/mol. The maximum Gasteiger partial charge on any atom is 0.363 e.